The average molecular weight is 334 g/mol. The molecule has 2 aromatic rings. The summed E-state index contributed by atoms with van der Waals surface area (Å²) in [6.07, 6.45) is 3.95. The molecule has 0 aliphatic carbocycles. The highest BCUT2D eigenvalue weighted by Gasteiger charge is 2.22. The van der Waals surface area contributed by atoms with E-state index in [-0.39, 0.29) is 0 Å². The maximum atomic E-state index is 6.13. The highest BCUT2D eigenvalue weighted by molar-refractivity contribution is 6.32. The zero-order chi connectivity index (χ0) is 16.1. The number of rotatable bonds is 5. The molecule has 122 valence electrons. The fraction of sp³-hybridized carbons (Fsp3) is 0.412. The predicted octanol–water partition coefficient (Wildman–Crippen LogP) is 3.43. The summed E-state index contributed by atoms with van der Waals surface area (Å²) >= 11 is 6.13. The molecule has 1 aliphatic rings. The number of hydrogen-bond acceptors (Lipinski definition) is 5. The Kier molecular flexibility index (Phi) is 5.18. The highest BCUT2D eigenvalue weighted by Crippen LogP contribution is 2.26. The molecule has 2 heterocycles. The normalized spacial score (nSPS) is 17.8. The van der Waals surface area contributed by atoms with Crippen molar-refractivity contribution in [2.45, 2.75) is 12.8 Å². The van der Waals surface area contributed by atoms with Crippen LogP contribution in [0.1, 0.15) is 12.8 Å². The van der Waals surface area contributed by atoms with E-state index in [2.05, 4.69) is 14.9 Å². The first-order chi connectivity index (χ1) is 11.3. The molecule has 1 atom stereocenters. The molecular weight excluding hydrogens is 314 g/mol. The Labute approximate surface area is 141 Å². The fourth-order valence-electron chi connectivity index (χ4n) is 2.75. The van der Waals surface area contributed by atoms with Crippen LogP contribution in [0.4, 0.5) is 5.95 Å². The van der Waals surface area contributed by atoms with Gasteiger partial charge in [-0.25, -0.2) is 4.98 Å². The first-order valence-electron chi connectivity index (χ1n) is 7.75. The molecule has 23 heavy (non-hydrogen) atoms. The summed E-state index contributed by atoms with van der Waals surface area (Å²) in [5.74, 6) is 2.47. The van der Waals surface area contributed by atoms with Crippen molar-refractivity contribution in [3.05, 3.63) is 41.6 Å². The van der Waals surface area contributed by atoms with Crippen molar-refractivity contribution in [2.24, 2.45) is 5.92 Å². The van der Waals surface area contributed by atoms with Crippen molar-refractivity contribution in [1.82, 2.24) is 9.97 Å². The largest absolute Gasteiger partial charge is 0.492 e. The zero-order valence-corrected chi connectivity index (χ0v) is 13.9. The maximum Gasteiger partial charge on any atom is 0.228 e. The molecule has 6 heteroatoms. The van der Waals surface area contributed by atoms with E-state index in [0.717, 1.165) is 31.7 Å². The topological polar surface area (TPSA) is 47.5 Å². The van der Waals surface area contributed by atoms with Gasteiger partial charge in [0, 0.05) is 31.3 Å². The molecule has 0 saturated carbocycles. The number of para-hydroxylation sites is 1. The van der Waals surface area contributed by atoms with Crippen LogP contribution in [-0.4, -0.2) is 36.8 Å². The molecule has 5 nitrogen and oxygen atoms in total. The van der Waals surface area contributed by atoms with Gasteiger partial charge in [0.15, 0.2) is 0 Å². The SMILES string of the molecule is COc1ccnc(N2CCCC(COc3ccccc3Cl)C2)n1. The van der Waals surface area contributed by atoms with Crippen molar-refractivity contribution in [2.75, 3.05) is 31.7 Å². The molecule has 0 bridgehead atoms. The van der Waals surface area contributed by atoms with Gasteiger partial charge in [0.1, 0.15) is 5.75 Å². The first kappa shape index (κ1) is 15.9. The van der Waals surface area contributed by atoms with E-state index in [1.165, 1.54) is 0 Å². The van der Waals surface area contributed by atoms with Gasteiger partial charge < -0.3 is 14.4 Å². The van der Waals surface area contributed by atoms with Crippen molar-refractivity contribution in [3.63, 3.8) is 0 Å². The molecule has 1 aromatic heterocycles. The number of methoxy groups -OCH3 is 1. The Hall–Kier alpha value is -2.01. The molecule has 1 unspecified atom stereocenters. The third-order valence-corrected chi connectivity index (χ3v) is 4.25. The minimum atomic E-state index is 0.426. The summed E-state index contributed by atoms with van der Waals surface area (Å²) in [5.41, 5.74) is 0. The lowest BCUT2D eigenvalue weighted by molar-refractivity contribution is 0.228. The van der Waals surface area contributed by atoms with E-state index in [0.29, 0.717) is 29.4 Å². The standard InChI is InChI=1S/C17H20ClN3O2/c1-22-16-8-9-19-17(20-16)21-10-4-5-13(11-21)12-23-15-7-3-2-6-14(15)18/h2-3,6-9,13H,4-5,10-12H2,1H3. The maximum absolute atomic E-state index is 6.13. The van der Waals surface area contributed by atoms with Gasteiger partial charge in [0.2, 0.25) is 11.8 Å². The Morgan fingerprint density at radius 2 is 2.17 bits per heavy atom. The van der Waals surface area contributed by atoms with Gasteiger partial charge in [-0.05, 0) is 25.0 Å². The second kappa shape index (κ2) is 7.51. The van der Waals surface area contributed by atoms with Gasteiger partial charge >= 0.3 is 0 Å². The van der Waals surface area contributed by atoms with Crippen LogP contribution in [0.5, 0.6) is 11.6 Å². The van der Waals surface area contributed by atoms with E-state index in [4.69, 9.17) is 21.1 Å². The monoisotopic (exact) mass is 333 g/mol. The second-order valence-corrected chi connectivity index (χ2v) is 6.00. The summed E-state index contributed by atoms with van der Waals surface area (Å²) in [5, 5.41) is 0.649. The van der Waals surface area contributed by atoms with Crippen LogP contribution in [0.3, 0.4) is 0 Å². The number of benzene rings is 1. The third-order valence-electron chi connectivity index (χ3n) is 3.94. The van der Waals surface area contributed by atoms with Crippen LogP contribution >= 0.6 is 11.6 Å². The van der Waals surface area contributed by atoms with Crippen LogP contribution in [0.15, 0.2) is 36.5 Å². The molecule has 0 radical (unpaired) electrons. The van der Waals surface area contributed by atoms with E-state index in [1.807, 2.05) is 24.3 Å². The summed E-state index contributed by atoms with van der Waals surface area (Å²) in [4.78, 5) is 11.0. The van der Waals surface area contributed by atoms with Crippen LogP contribution in [0, 0.1) is 5.92 Å². The zero-order valence-electron chi connectivity index (χ0n) is 13.1. The van der Waals surface area contributed by atoms with Crippen LogP contribution in [0.2, 0.25) is 5.02 Å². The lowest BCUT2D eigenvalue weighted by Gasteiger charge is -2.32. The fourth-order valence-corrected chi connectivity index (χ4v) is 2.94. The molecule has 0 amide bonds. The first-order valence-corrected chi connectivity index (χ1v) is 8.13. The van der Waals surface area contributed by atoms with Gasteiger partial charge in [-0.15, -0.1) is 0 Å². The lowest BCUT2D eigenvalue weighted by atomic mass is 9.99. The van der Waals surface area contributed by atoms with Crippen LogP contribution < -0.4 is 14.4 Å². The number of hydrogen-bond donors (Lipinski definition) is 0. The summed E-state index contributed by atoms with van der Waals surface area (Å²) in [6, 6.07) is 9.32. The molecule has 1 aliphatic heterocycles. The summed E-state index contributed by atoms with van der Waals surface area (Å²) < 4.78 is 11.1. The van der Waals surface area contributed by atoms with E-state index < -0.39 is 0 Å². The van der Waals surface area contributed by atoms with Gasteiger partial charge in [0.25, 0.3) is 0 Å². The quantitative estimate of drug-likeness (QED) is 0.839. The van der Waals surface area contributed by atoms with Crippen molar-refractivity contribution < 1.29 is 9.47 Å². The molecule has 0 spiro atoms. The predicted molar refractivity (Wildman–Crippen MR) is 90.5 cm³/mol. The second-order valence-electron chi connectivity index (χ2n) is 5.59. The number of nitrogens with zero attached hydrogens (tertiary/aromatic N) is 3. The van der Waals surface area contributed by atoms with Gasteiger partial charge in [-0.2, -0.15) is 4.98 Å². The molecule has 1 aromatic carbocycles. The van der Waals surface area contributed by atoms with Crippen molar-refractivity contribution in [1.29, 1.82) is 0 Å². The Morgan fingerprint density at radius 1 is 1.30 bits per heavy atom. The highest BCUT2D eigenvalue weighted by atomic mass is 35.5. The number of piperidine rings is 1. The number of aromatic nitrogens is 2. The molecule has 1 saturated heterocycles. The van der Waals surface area contributed by atoms with Crippen LogP contribution in [-0.2, 0) is 0 Å². The number of halogens is 1. The van der Waals surface area contributed by atoms with Crippen molar-refractivity contribution >= 4 is 17.5 Å². The molecule has 1 fully saturated rings. The third kappa shape index (κ3) is 4.05. The smallest absolute Gasteiger partial charge is 0.228 e. The Balaban J connectivity index is 1.61. The molecule has 0 N–H and O–H groups in total. The lowest BCUT2D eigenvalue weighted by Crippen LogP contribution is -2.38. The average Bonchev–Trinajstić information content (AvgIpc) is 2.61. The van der Waals surface area contributed by atoms with E-state index >= 15 is 0 Å². The van der Waals surface area contributed by atoms with Gasteiger partial charge in [0.05, 0.1) is 18.7 Å². The van der Waals surface area contributed by atoms with E-state index in [1.54, 1.807) is 19.4 Å². The number of anilines is 1. The van der Waals surface area contributed by atoms with Crippen molar-refractivity contribution in [3.8, 4) is 11.6 Å². The minimum absolute atomic E-state index is 0.426. The van der Waals surface area contributed by atoms with Gasteiger partial charge in [-0.3, -0.25) is 0 Å². The summed E-state index contributed by atoms with van der Waals surface area (Å²) in [6.45, 7) is 2.47. The Bertz CT molecular complexity index is 653. The molecule has 3 rings (SSSR count). The van der Waals surface area contributed by atoms with Gasteiger partial charge in [-0.1, -0.05) is 23.7 Å². The van der Waals surface area contributed by atoms with Crippen LogP contribution in [0.25, 0.3) is 0 Å². The summed E-state index contributed by atoms with van der Waals surface area (Å²) in [7, 11) is 1.61. The number of ether oxygens (including phenoxy) is 2. The van der Waals surface area contributed by atoms with E-state index in [9.17, 15) is 0 Å². The molecular formula is C17H20ClN3O2. The Morgan fingerprint density at radius 3 is 3.00 bits per heavy atom. The minimum Gasteiger partial charge on any atom is -0.492 e.